The van der Waals surface area contributed by atoms with E-state index in [1.165, 1.54) is 42.2 Å². The number of para-hydroxylation sites is 1. The number of aromatic amines is 1. The van der Waals surface area contributed by atoms with Gasteiger partial charge in [-0.2, -0.15) is 0 Å². The zero-order valence-corrected chi connectivity index (χ0v) is 13.5. The van der Waals surface area contributed by atoms with Gasteiger partial charge in [-0.15, -0.1) is 0 Å². The molecule has 1 aromatic carbocycles. The van der Waals surface area contributed by atoms with E-state index in [4.69, 9.17) is 0 Å². The fraction of sp³-hybridized carbons (Fsp3) is 0.450. The fourth-order valence-electron chi connectivity index (χ4n) is 3.85. The van der Waals surface area contributed by atoms with E-state index in [1.54, 1.807) is 0 Å². The highest BCUT2D eigenvalue weighted by molar-refractivity contribution is 5.97. The number of rotatable bonds is 5. The number of carbonyl (C=O) groups excluding carboxylic acids is 1. The monoisotopic (exact) mass is 308 g/mol. The summed E-state index contributed by atoms with van der Waals surface area (Å²) in [6.45, 7) is 0.773. The van der Waals surface area contributed by atoms with Crippen molar-refractivity contribution in [3.63, 3.8) is 0 Å². The minimum Gasteiger partial charge on any atom is -0.361 e. The van der Waals surface area contributed by atoms with E-state index in [0.29, 0.717) is 0 Å². The third-order valence-corrected chi connectivity index (χ3v) is 5.41. The Morgan fingerprint density at radius 1 is 1.22 bits per heavy atom. The van der Waals surface area contributed by atoms with Crippen LogP contribution in [0.4, 0.5) is 0 Å². The minimum absolute atomic E-state index is 0.207. The van der Waals surface area contributed by atoms with Gasteiger partial charge in [-0.1, -0.05) is 29.8 Å². The third-order valence-electron chi connectivity index (χ3n) is 5.41. The smallest absolute Gasteiger partial charge is 0.230 e. The summed E-state index contributed by atoms with van der Waals surface area (Å²) < 4.78 is 0. The van der Waals surface area contributed by atoms with Crippen molar-refractivity contribution in [1.82, 2.24) is 10.3 Å². The lowest BCUT2D eigenvalue weighted by atomic mass is 9.94. The van der Waals surface area contributed by atoms with E-state index in [9.17, 15) is 4.79 Å². The predicted molar refractivity (Wildman–Crippen MR) is 93.4 cm³/mol. The average Bonchev–Trinajstić information content (AvgIpc) is 3.29. The lowest BCUT2D eigenvalue weighted by molar-refractivity contribution is -0.123. The highest BCUT2D eigenvalue weighted by atomic mass is 16.2. The first-order chi connectivity index (χ1) is 11.3. The SMILES string of the molecule is O=C(NCCC1=CCCCC1)C1(c2c[nH]c3ccccc23)CC1. The van der Waals surface area contributed by atoms with E-state index >= 15 is 0 Å². The molecule has 3 heteroatoms. The Hall–Kier alpha value is -2.03. The number of H-pyrrole nitrogens is 1. The molecule has 1 fully saturated rings. The summed E-state index contributed by atoms with van der Waals surface area (Å²) in [6.07, 6.45) is 12.4. The van der Waals surface area contributed by atoms with Crippen molar-refractivity contribution in [2.75, 3.05) is 6.54 Å². The zero-order chi connectivity index (χ0) is 15.7. The second-order valence-electron chi connectivity index (χ2n) is 6.94. The van der Waals surface area contributed by atoms with E-state index < -0.39 is 0 Å². The van der Waals surface area contributed by atoms with Crippen molar-refractivity contribution < 1.29 is 4.79 Å². The molecule has 120 valence electrons. The first kappa shape index (κ1) is 14.6. The predicted octanol–water partition coefficient (Wildman–Crippen LogP) is 4.21. The number of aromatic nitrogens is 1. The van der Waals surface area contributed by atoms with Crippen molar-refractivity contribution in [3.05, 3.63) is 47.7 Å². The molecule has 1 aromatic heterocycles. The Morgan fingerprint density at radius 3 is 2.87 bits per heavy atom. The summed E-state index contributed by atoms with van der Waals surface area (Å²) >= 11 is 0. The maximum Gasteiger partial charge on any atom is 0.230 e. The van der Waals surface area contributed by atoms with Gasteiger partial charge in [0.15, 0.2) is 0 Å². The summed E-state index contributed by atoms with van der Waals surface area (Å²) in [5.41, 5.74) is 3.52. The molecule has 0 atom stereocenters. The maximum absolute atomic E-state index is 12.8. The molecule has 3 nitrogen and oxygen atoms in total. The van der Waals surface area contributed by atoms with Crippen molar-refractivity contribution in [3.8, 4) is 0 Å². The van der Waals surface area contributed by atoms with Crippen LogP contribution in [-0.2, 0) is 10.2 Å². The van der Waals surface area contributed by atoms with E-state index in [-0.39, 0.29) is 11.3 Å². The van der Waals surface area contributed by atoms with Crippen LogP contribution < -0.4 is 5.32 Å². The van der Waals surface area contributed by atoms with Gasteiger partial charge in [-0.3, -0.25) is 4.79 Å². The Bertz CT molecular complexity index is 752. The number of allylic oxidation sites excluding steroid dienone is 1. The molecule has 2 N–H and O–H groups in total. The molecule has 0 aliphatic heterocycles. The third kappa shape index (κ3) is 2.69. The van der Waals surface area contributed by atoms with E-state index in [1.807, 2.05) is 18.3 Å². The van der Waals surface area contributed by atoms with Gasteiger partial charge in [0.2, 0.25) is 5.91 Å². The number of benzene rings is 1. The molecule has 2 aromatic rings. The van der Waals surface area contributed by atoms with Gasteiger partial charge in [0.05, 0.1) is 5.41 Å². The molecule has 1 saturated carbocycles. The van der Waals surface area contributed by atoms with Crippen molar-refractivity contribution in [1.29, 1.82) is 0 Å². The molecular formula is C20H24N2O. The summed E-state index contributed by atoms with van der Waals surface area (Å²) in [5.74, 6) is 0.207. The van der Waals surface area contributed by atoms with Crippen LogP contribution in [-0.4, -0.2) is 17.4 Å². The van der Waals surface area contributed by atoms with Gasteiger partial charge in [0.1, 0.15) is 0 Å². The fourth-order valence-corrected chi connectivity index (χ4v) is 3.85. The van der Waals surface area contributed by atoms with Gasteiger partial charge < -0.3 is 10.3 Å². The van der Waals surface area contributed by atoms with E-state index in [0.717, 1.165) is 31.3 Å². The van der Waals surface area contributed by atoms with Gasteiger partial charge >= 0.3 is 0 Å². The molecule has 23 heavy (non-hydrogen) atoms. The number of nitrogens with one attached hydrogen (secondary N) is 2. The van der Waals surface area contributed by atoms with Crippen LogP contribution >= 0.6 is 0 Å². The summed E-state index contributed by atoms with van der Waals surface area (Å²) in [5, 5.41) is 4.38. The number of hydrogen-bond acceptors (Lipinski definition) is 1. The van der Waals surface area contributed by atoms with Crippen LogP contribution in [0.15, 0.2) is 42.1 Å². The van der Waals surface area contributed by atoms with Gasteiger partial charge in [0, 0.05) is 23.6 Å². The largest absolute Gasteiger partial charge is 0.361 e. The second-order valence-corrected chi connectivity index (χ2v) is 6.94. The van der Waals surface area contributed by atoms with Crippen LogP contribution in [0.1, 0.15) is 50.5 Å². The molecule has 2 aliphatic rings. The number of carbonyl (C=O) groups is 1. The molecule has 2 aliphatic carbocycles. The normalized spacial score (nSPS) is 19.4. The zero-order valence-electron chi connectivity index (χ0n) is 13.5. The van der Waals surface area contributed by atoms with Crippen molar-refractivity contribution >= 4 is 16.8 Å². The summed E-state index contributed by atoms with van der Waals surface area (Å²) in [7, 11) is 0. The molecular weight excluding hydrogens is 284 g/mol. The van der Waals surface area contributed by atoms with Crippen LogP contribution in [0, 0.1) is 0 Å². The van der Waals surface area contributed by atoms with E-state index in [2.05, 4.69) is 28.5 Å². The van der Waals surface area contributed by atoms with Gasteiger partial charge in [0.25, 0.3) is 0 Å². The number of fused-ring (bicyclic) bond motifs is 1. The first-order valence-electron chi connectivity index (χ1n) is 8.82. The van der Waals surface area contributed by atoms with Crippen molar-refractivity contribution in [2.24, 2.45) is 0 Å². The molecule has 0 unspecified atom stereocenters. The lowest BCUT2D eigenvalue weighted by Gasteiger charge is -2.17. The number of amides is 1. The molecule has 0 bridgehead atoms. The van der Waals surface area contributed by atoms with Crippen LogP contribution in [0.3, 0.4) is 0 Å². The quantitative estimate of drug-likeness (QED) is 0.799. The minimum atomic E-state index is -0.291. The Balaban J connectivity index is 1.44. The topological polar surface area (TPSA) is 44.9 Å². The Kier molecular flexibility index (Phi) is 3.72. The molecule has 0 saturated heterocycles. The lowest BCUT2D eigenvalue weighted by Crippen LogP contribution is -2.35. The molecule has 0 radical (unpaired) electrons. The van der Waals surface area contributed by atoms with Crippen LogP contribution in [0.25, 0.3) is 10.9 Å². The highest BCUT2D eigenvalue weighted by Crippen LogP contribution is 2.50. The molecule has 1 amide bonds. The maximum atomic E-state index is 12.8. The van der Waals surface area contributed by atoms with Crippen molar-refractivity contribution in [2.45, 2.75) is 50.4 Å². The second kappa shape index (κ2) is 5.88. The summed E-state index contributed by atoms with van der Waals surface area (Å²) in [6, 6.07) is 8.26. The molecule has 1 heterocycles. The Labute approximate surface area is 137 Å². The highest BCUT2D eigenvalue weighted by Gasteiger charge is 2.52. The standard InChI is InChI=1S/C20H24N2O/c23-19(21-13-10-15-6-2-1-3-7-15)20(11-12-20)17-14-22-18-9-5-4-8-16(17)18/h4-6,8-9,14,22H,1-3,7,10-13H2,(H,21,23). The Morgan fingerprint density at radius 2 is 2.09 bits per heavy atom. The van der Waals surface area contributed by atoms with Gasteiger partial charge in [-0.25, -0.2) is 0 Å². The van der Waals surface area contributed by atoms with Crippen LogP contribution in [0.2, 0.25) is 0 Å². The molecule has 4 rings (SSSR count). The van der Waals surface area contributed by atoms with Gasteiger partial charge in [-0.05, 0) is 56.6 Å². The summed E-state index contributed by atoms with van der Waals surface area (Å²) in [4.78, 5) is 16.1. The first-order valence-corrected chi connectivity index (χ1v) is 8.82. The molecule has 0 spiro atoms. The van der Waals surface area contributed by atoms with Crippen LogP contribution in [0.5, 0.6) is 0 Å². The number of hydrogen-bond donors (Lipinski definition) is 2. The average molecular weight is 308 g/mol.